The van der Waals surface area contributed by atoms with Crippen molar-refractivity contribution < 1.29 is 14.3 Å². The lowest BCUT2D eigenvalue weighted by Gasteiger charge is -2.38. The van der Waals surface area contributed by atoms with Crippen LogP contribution in [0.3, 0.4) is 0 Å². The number of carbonyl (C=O) groups is 1. The SMILES string of the molecule is CCC(C)N1CCN(c2ncc(F)cc2C(=O)O)CC1. The predicted molar refractivity (Wildman–Crippen MR) is 74.7 cm³/mol. The van der Waals surface area contributed by atoms with Gasteiger partial charge >= 0.3 is 5.97 Å². The molecule has 110 valence electrons. The highest BCUT2D eigenvalue weighted by molar-refractivity contribution is 5.93. The number of rotatable bonds is 4. The number of carboxylic acid groups (broad SMARTS) is 1. The van der Waals surface area contributed by atoms with Crippen LogP contribution in [-0.2, 0) is 0 Å². The summed E-state index contributed by atoms with van der Waals surface area (Å²) in [7, 11) is 0. The molecule has 1 aliphatic heterocycles. The Morgan fingerprint density at radius 1 is 1.45 bits per heavy atom. The second-order valence-electron chi connectivity index (χ2n) is 5.11. The van der Waals surface area contributed by atoms with Gasteiger partial charge in [-0.15, -0.1) is 0 Å². The van der Waals surface area contributed by atoms with Gasteiger partial charge in [0.1, 0.15) is 17.2 Å². The Balaban J connectivity index is 2.13. The molecule has 0 amide bonds. The average molecular weight is 281 g/mol. The molecule has 6 heteroatoms. The number of pyridine rings is 1. The maximum atomic E-state index is 13.1. The van der Waals surface area contributed by atoms with Crippen molar-refractivity contribution >= 4 is 11.8 Å². The molecule has 1 saturated heterocycles. The second kappa shape index (κ2) is 6.17. The molecule has 1 aromatic heterocycles. The van der Waals surface area contributed by atoms with Crippen LogP contribution >= 0.6 is 0 Å². The van der Waals surface area contributed by atoms with E-state index in [9.17, 15) is 9.18 Å². The van der Waals surface area contributed by atoms with E-state index >= 15 is 0 Å². The first kappa shape index (κ1) is 14.7. The van der Waals surface area contributed by atoms with E-state index in [1.165, 1.54) is 0 Å². The third-order valence-corrected chi connectivity index (χ3v) is 3.89. The lowest BCUT2D eigenvalue weighted by atomic mass is 10.1. The summed E-state index contributed by atoms with van der Waals surface area (Å²) in [5, 5.41) is 9.16. The first-order valence-corrected chi connectivity index (χ1v) is 6.90. The third kappa shape index (κ3) is 3.07. The van der Waals surface area contributed by atoms with Gasteiger partial charge in [-0.2, -0.15) is 0 Å². The van der Waals surface area contributed by atoms with Crippen LogP contribution in [0.5, 0.6) is 0 Å². The lowest BCUT2D eigenvalue weighted by Crippen LogP contribution is -2.50. The fourth-order valence-corrected chi connectivity index (χ4v) is 2.47. The first-order valence-electron chi connectivity index (χ1n) is 6.90. The van der Waals surface area contributed by atoms with E-state index in [1.54, 1.807) is 0 Å². The Hall–Kier alpha value is -1.69. The summed E-state index contributed by atoms with van der Waals surface area (Å²) in [6.45, 7) is 7.50. The zero-order valence-corrected chi connectivity index (χ0v) is 11.8. The largest absolute Gasteiger partial charge is 0.478 e. The van der Waals surface area contributed by atoms with Crippen LogP contribution in [0.1, 0.15) is 30.6 Å². The molecule has 0 bridgehead atoms. The van der Waals surface area contributed by atoms with E-state index < -0.39 is 11.8 Å². The molecule has 0 radical (unpaired) electrons. The highest BCUT2D eigenvalue weighted by atomic mass is 19.1. The van der Waals surface area contributed by atoms with E-state index in [4.69, 9.17) is 5.11 Å². The summed E-state index contributed by atoms with van der Waals surface area (Å²) in [5.41, 5.74) is -0.0676. The second-order valence-corrected chi connectivity index (χ2v) is 5.11. The van der Waals surface area contributed by atoms with Crippen LogP contribution in [-0.4, -0.2) is 53.2 Å². The first-order chi connectivity index (χ1) is 9.52. The van der Waals surface area contributed by atoms with Crippen molar-refractivity contribution in [2.24, 2.45) is 0 Å². The van der Waals surface area contributed by atoms with Crippen molar-refractivity contribution in [2.45, 2.75) is 26.3 Å². The van der Waals surface area contributed by atoms with Crippen molar-refractivity contribution in [1.82, 2.24) is 9.88 Å². The zero-order valence-electron chi connectivity index (χ0n) is 11.8. The molecular weight excluding hydrogens is 261 g/mol. The number of carboxylic acids is 1. The Kier molecular flexibility index (Phi) is 4.54. The van der Waals surface area contributed by atoms with Crippen molar-refractivity contribution in [3.63, 3.8) is 0 Å². The molecule has 20 heavy (non-hydrogen) atoms. The summed E-state index contributed by atoms with van der Waals surface area (Å²) in [5.74, 6) is -1.40. The normalized spacial score (nSPS) is 18.1. The minimum atomic E-state index is -1.14. The van der Waals surface area contributed by atoms with Crippen molar-refractivity contribution in [3.05, 3.63) is 23.6 Å². The van der Waals surface area contributed by atoms with Crippen LogP contribution < -0.4 is 4.90 Å². The van der Waals surface area contributed by atoms with E-state index in [0.29, 0.717) is 24.9 Å². The molecule has 0 aliphatic carbocycles. The minimum Gasteiger partial charge on any atom is -0.478 e. The smallest absolute Gasteiger partial charge is 0.339 e. The monoisotopic (exact) mass is 281 g/mol. The van der Waals surface area contributed by atoms with E-state index in [0.717, 1.165) is 31.8 Å². The van der Waals surface area contributed by atoms with E-state index in [2.05, 4.69) is 23.7 Å². The number of hydrogen-bond donors (Lipinski definition) is 1. The number of aromatic nitrogens is 1. The molecule has 0 aromatic carbocycles. The van der Waals surface area contributed by atoms with Gasteiger partial charge in [0.25, 0.3) is 0 Å². The quantitative estimate of drug-likeness (QED) is 0.912. The van der Waals surface area contributed by atoms with Crippen LogP contribution in [0.25, 0.3) is 0 Å². The van der Waals surface area contributed by atoms with Crippen LogP contribution in [0.2, 0.25) is 0 Å². The fraction of sp³-hybridized carbons (Fsp3) is 0.571. The maximum Gasteiger partial charge on any atom is 0.339 e. The molecule has 1 N–H and O–H groups in total. The molecule has 2 heterocycles. The molecule has 1 fully saturated rings. The molecule has 1 aromatic rings. The van der Waals surface area contributed by atoms with Gasteiger partial charge in [0.2, 0.25) is 0 Å². The molecule has 0 saturated carbocycles. The number of halogens is 1. The van der Waals surface area contributed by atoms with Gasteiger partial charge in [-0.1, -0.05) is 6.92 Å². The van der Waals surface area contributed by atoms with Gasteiger partial charge in [-0.25, -0.2) is 14.2 Å². The minimum absolute atomic E-state index is 0.0676. The van der Waals surface area contributed by atoms with Crippen LogP contribution in [0, 0.1) is 5.82 Å². The Morgan fingerprint density at radius 3 is 2.65 bits per heavy atom. The Bertz CT molecular complexity index is 487. The molecule has 0 spiro atoms. The van der Waals surface area contributed by atoms with Gasteiger partial charge in [-0.3, -0.25) is 4.90 Å². The van der Waals surface area contributed by atoms with Crippen LogP contribution in [0.15, 0.2) is 12.3 Å². The Labute approximate surface area is 118 Å². The molecule has 2 rings (SSSR count). The predicted octanol–water partition coefficient (Wildman–Crippen LogP) is 1.84. The molecular formula is C14H20FN3O2. The molecule has 1 aliphatic rings. The van der Waals surface area contributed by atoms with Gasteiger partial charge in [-0.05, 0) is 19.4 Å². The number of nitrogens with zero attached hydrogens (tertiary/aromatic N) is 3. The summed E-state index contributed by atoms with van der Waals surface area (Å²) < 4.78 is 13.1. The molecule has 1 unspecified atom stereocenters. The van der Waals surface area contributed by atoms with Gasteiger partial charge in [0, 0.05) is 32.2 Å². The highest BCUT2D eigenvalue weighted by Crippen LogP contribution is 2.21. The van der Waals surface area contributed by atoms with E-state index in [-0.39, 0.29) is 5.56 Å². The summed E-state index contributed by atoms with van der Waals surface area (Å²) >= 11 is 0. The van der Waals surface area contributed by atoms with Gasteiger partial charge in [0.05, 0.1) is 6.20 Å². The number of hydrogen-bond acceptors (Lipinski definition) is 4. The fourth-order valence-electron chi connectivity index (χ4n) is 2.47. The third-order valence-electron chi connectivity index (χ3n) is 3.89. The molecule has 5 nitrogen and oxygen atoms in total. The topological polar surface area (TPSA) is 56.7 Å². The summed E-state index contributed by atoms with van der Waals surface area (Å²) in [6, 6.07) is 1.56. The van der Waals surface area contributed by atoms with Gasteiger partial charge in [0.15, 0.2) is 0 Å². The number of anilines is 1. The van der Waals surface area contributed by atoms with Gasteiger partial charge < -0.3 is 10.0 Å². The number of piperazine rings is 1. The summed E-state index contributed by atoms with van der Waals surface area (Å²) in [6.07, 6.45) is 2.16. The Morgan fingerprint density at radius 2 is 2.10 bits per heavy atom. The van der Waals surface area contributed by atoms with E-state index in [1.807, 2.05) is 4.90 Å². The average Bonchev–Trinajstić information content (AvgIpc) is 2.46. The lowest BCUT2D eigenvalue weighted by molar-refractivity contribution is 0.0696. The van der Waals surface area contributed by atoms with Crippen molar-refractivity contribution in [1.29, 1.82) is 0 Å². The maximum absolute atomic E-state index is 13.1. The van der Waals surface area contributed by atoms with Crippen LogP contribution in [0.4, 0.5) is 10.2 Å². The summed E-state index contributed by atoms with van der Waals surface area (Å²) in [4.78, 5) is 19.5. The molecule has 1 atom stereocenters. The standard InChI is InChI=1S/C14H20FN3O2/c1-3-10(2)17-4-6-18(7-5-17)13-12(14(19)20)8-11(15)9-16-13/h8-10H,3-7H2,1-2H3,(H,19,20). The number of aromatic carboxylic acids is 1. The van der Waals surface area contributed by atoms with Crippen molar-refractivity contribution in [3.8, 4) is 0 Å². The van der Waals surface area contributed by atoms with Crippen molar-refractivity contribution in [2.75, 3.05) is 31.1 Å². The zero-order chi connectivity index (χ0) is 14.7. The highest BCUT2D eigenvalue weighted by Gasteiger charge is 2.24.